The molecular weight excluding hydrogens is 529 g/mol. The summed E-state index contributed by atoms with van der Waals surface area (Å²) < 4.78 is 16.6. The molecular formula is C29H36BN3O8. The Morgan fingerprint density at radius 2 is 1.66 bits per heavy atom. The standard InChI is InChI=1S/C29H36BN3O8/c1-17(2)13-20(30-40-28(37)23-15-39-16-24(33(23)4)29(38)41-30)14-25(35)26(18(3)34)32-27(36)22-12-8-11-21(31-22)19-9-6-5-7-10-19/h5-12,17-18,20,23-24,26,34H,13-16H2,1-4H3,(H,32,36)/t18-,20-,23-,24+,26+/m1/s1. The first-order valence-electron chi connectivity index (χ1n) is 13.8. The summed E-state index contributed by atoms with van der Waals surface area (Å²) in [6, 6.07) is 11.5. The number of rotatable bonds is 10. The van der Waals surface area contributed by atoms with Crippen molar-refractivity contribution in [3.63, 3.8) is 0 Å². The van der Waals surface area contributed by atoms with Crippen molar-refractivity contribution in [2.24, 2.45) is 5.92 Å². The number of likely N-dealkylation sites (N-methyl/N-ethyl adjacent to an activating group) is 1. The Bertz CT molecular complexity index is 1230. The number of aromatic nitrogens is 1. The zero-order valence-electron chi connectivity index (χ0n) is 23.7. The minimum Gasteiger partial charge on any atom is -0.498 e. The van der Waals surface area contributed by atoms with Crippen LogP contribution in [0.15, 0.2) is 48.5 Å². The minimum absolute atomic E-state index is 0.0608. The van der Waals surface area contributed by atoms with Gasteiger partial charge in [-0.15, -0.1) is 0 Å². The largest absolute Gasteiger partial charge is 0.602 e. The summed E-state index contributed by atoms with van der Waals surface area (Å²) in [4.78, 5) is 58.5. The Hall–Kier alpha value is -3.61. The number of hydrogen-bond donors (Lipinski definition) is 2. The molecule has 1 amide bonds. The third-order valence-electron chi connectivity index (χ3n) is 7.33. The van der Waals surface area contributed by atoms with Gasteiger partial charge in [-0.2, -0.15) is 0 Å². The van der Waals surface area contributed by atoms with E-state index in [4.69, 9.17) is 14.0 Å². The highest BCUT2D eigenvalue weighted by molar-refractivity contribution is 6.51. The van der Waals surface area contributed by atoms with Crippen molar-refractivity contribution in [2.45, 2.75) is 63.7 Å². The third kappa shape index (κ3) is 7.38. The molecule has 2 aliphatic rings. The van der Waals surface area contributed by atoms with Gasteiger partial charge in [0.15, 0.2) is 5.78 Å². The van der Waals surface area contributed by atoms with E-state index >= 15 is 0 Å². The van der Waals surface area contributed by atoms with Crippen LogP contribution >= 0.6 is 0 Å². The average Bonchev–Trinajstić information content (AvgIpc) is 2.94. The number of ether oxygens (including phenoxy) is 1. The van der Waals surface area contributed by atoms with Crippen LogP contribution in [0.25, 0.3) is 11.3 Å². The molecule has 0 radical (unpaired) electrons. The number of Topliss-reactive ketones (excluding diaryl/α,β-unsaturated/α-hetero) is 1. The maximum Gasteiger partial charge on any atom is 0.602 e. The number of carbonyl (C=O) groups is 4. The van der Waals surface area contributed by atoms with E-state index < -0.39 is 60.8 Å². The number of hydrogen-bond acceptors (Lipinski definition) is 10. The number of nitrogens with one attached hydrogen (secondary N) is 1. The molecule has 2 bridgehead atoms. The van der Waals surface area contributed by atoms with E-state index in [0.29, 0.717) is 12.1 Å². The molecule has 1 aromatic heterocycles. The van der Waals surface area contributed by atoms with Gasteiger partial charge in [-0.25, -0.2) is 4.98 Å². The molecule has 5 atom stereocenters. The van der Waals surface area contributed by atoms with Crippen LogP contribution in [0.3, 0.4) is 0 Å². The zero-order chi connectivity index (χ0) is 29.7. The van der Waals surface area contributed by atoms with Crippen molar-refractivity contribution in [2.75, 3.05) is 20.3 Å². The first kappa shape index (κ1) is 30.4. The second kappa shape index (κ2) is 13.4. The van der Waals surface area contributed by atoms with E-state index in [2.05, 4.69) is 10.3 Å². The van der Waals surface area contributed by atoms with Gasteiger partial charge in [0.1, 0.15) is 23.8 Å². The highest BCUT2D eigenvalue weighted by atomic mass is 16.6. The van der Waals surface area contributed by atoms with Gasteiger partial charge in [0, 0.05) is 17.8 Å². The van der Waals surface area contributed by atoms with Crippen molar-refractivity contribution >= 4 is 30.7 Å². The van der Waals surface area contributed by atoms with E-state index in [0.717, 1.165) is 5.56 Å². The van der Waals surface area contributed by atoms with Crippen molar-refractivity contribution in [3.8, 4) is 11.3 Å². The second-order valence-corrected chi connectivity index (χ2v) is 11.0. The lowest BCUT2D eigenvalue weighted by Gasteiger charge is -2.40. The Labute approximate surface area is 239 Å². The first-order chi connectivity index (χ1) is 19.5. The summed E-state index contributed by atoms with van der Waals surface area (Å²) in [5, 5.41) is 13.1. The molecule has 2 aliphatic heterocycles. The monoisotopic (exact) mass is 565 g/mol. The number of pyridine rings is 1. The lowest BCUT2D eigenvalue weighted by atomic mass is 9.64. The van der Waals surface area contributed by atoms with Gasteiger partial charge in [0.05, 0.1) is 25.0 Å². The van der Waals surface area contributed by atoms with Gasteiger partial charge in [-0.05, 0) is 38.4 Å². The number of fused-ring (bicyclic) bond motifs is 2. The lowest BCUT2D eigenvalue weighted by molar-refractivity contribution is -0.166. The normalized spacial score (nSPS) is 21.7. The first-order valence-corrected chi connectivity index (χ1v) is 13.8. The molecule has 2 aromatic rings. The van der Waals surface area contributed by atoms with Crippen molar-refractivity contribution < 1.29 is 38.3 Å². The Kier molecular flexibility index (Phi) is 9.90. The molecule has 12 heteroatoms. The van der Waals surface area contributed by atoms with Crippen LogP contribution in [0.1, 0.15) is 44.1 Å². The lowest BCUT2D eigenvalue weighted by Crippen LogP contribution is -2.61. The van der Waals surface area contributed by atoms with Gasteiger partial charge in [0.2, 0.25) is 0 Å². The number of nitrogens with zero attached hydrogens (tertiary/aromatic N) is 2. The van der Waals surface area contributed by atoms with Crippen LogP contribution < -0.4 is 5.32 Å². The predicted octanol–water partition coefficient (Wildman–Crippen LogP) is 1.89. The number of aliphatic hydroxyl groups is 1. The maximum absolute atomic E-state index is 13.5. The summed E-state index contributed by atoms with van der Waals surface area (Å²) in [5.74, 6) is -2.97. The number of carbonyl (C=O) groups excluding carboxylic acids is 4. The minimum atomic E-state index is -1.30. The van der Waals surface area contributed by atoms with Gasteiger partial charge in [0.25, 0.3) is 5.91 Å². The van der Waals surface area contributed by atoms with Crippen molar-refractivity contribution in [3.05, 3.63) is 54.2 Å². The van der Waals surface area contributed by atoms with E-state index in [1.807, 2.05) is 44.2 Å². The number of amides is 1. The highest BCUT2D eigenvalue weighted by Crippen LogP contribution is 2.30. The Morgan fingerprint density at radius 1 is 1.02 bits per heavy atom. The molecule has 11 nitrogen and oxygen atoms in total. The molecule has 1 aromatic carbocycles. The van der Waals surface area contributed by atoms with Crippen molar-refractivity contribution in [1.82, 2.24) is 15.2 Å². The molecule has 41 heavy (non-hydrogen) atoms. The number of aliphatic hydroxyl groups excluding tert-OH is 1. The van der Waals surface area contributed by atoms with Gasteiger partial charge in [-0.3, -0.25) is 24.1 Å². The number of morpholine rings is 1. The molecule has 218 valence electrons. The van der Waals surface area contributed by atoms with Gasteiger partial charge >= 0.3 is 19.1 Å². The number of benzene rings is 1. The van der Waals surface area contributed by atoms with E-state index in [1.54, 1.807) is 24.1 Å². The fourth-order valence-electron chi connectivity index (χ4n) is 5.11. The maximum atomic E-state index is 13.5. The topological polar surface area (TPSA) is 144 Å². The molecule has 2 N–H and O–H groups in total. The Balaban J connectivity index is 1.51. The molecule has 0 unspecified atom stereocenters. The summed E-state index contributed by atoms with van der Waals surface area (Å²) >= 11 is 0. The smallest absolute Gasteiger partial charge is 0.498 e. The van der Waals surface area contributed by atoms with Crippen LogP contribution in [0.2, 0.25) is 5.82 Å². The quantitative estimate of drug-likeness (QED) is 0.410. The van der Waals surface area contributed by atoms with Crippen LogP contribution in [-0.2, 0) is 28.4 Å². The number of ketones is 1. The fraction of sp³-hybridized carbons (Fsp3) is 0.483. The Morgan fingerprint density at radius 3 is 2.24 bits per heavy atom. The summed E-state index contributed by atoms with van der Waals surface area (Å²) in [5.41, 5.74) is 1.50. The molecule has 0 saturated carbocycles. The van der Waals surface area contributed by atoms with E-state index in [9.17, 15) is 24.3 Å². The van der Waals surface area contributed by atoms with Crippen LogP contribution in [0.4, 0.5) is 0 Å². The average molecular weight is 565 g/mol. The molecule has 4 rings (SSSR count). The van der Waals surface area contributed by atoms with Crippen LogP contribution in [-0.4, -0.2) is 90.2 Å². The second-order valence-electron chi connectivity index (χ2n) is 11.0. The van der Waals surface area contributed by atoms with Crippen molar-refractivity contribution in [1.29, 1.82) is 0 Å². The zero-order valence-corrected chi connectivity index (χ0v) is 23.7. The molecule has 0 spiro atoms. The van der Waals surface area contributed by atoms with Crippen LogP contribution in [0.5, 0.6) is 0 Å². The van der Waals surface area contributed by atoms with E-state index in [1.165, 1.54) is 13.0 Å². The van der Waals surface area contributed by atoms with Gasteiger partial charge in [-0.1, -0.05) is 50.2 Å². The molecule has 2 saturated heterocycles. The molecule has 3 heterocycles. The predicted molar refractivity (Wildman–Crippen MR) is 150 cm³/mol. The molecule has 0 aliphatic carbocycles. The summed E-state index contributed by atoms with van der Waals surface area (Å²) in [6.07, 6.45) is -1.05. The van der Waals surface area contributed by atoms with Crippen LogP contribution in [0, 0.1) is 5.92 Å². The third-order valence-corrected chi connectivity index (χ3v) is 7.33. The van der Waals surface area contributed by atoms with E-state index in [-0.39, 0.29) is 31.2 Å². The van der Waals surface area contributed by atoms with Gasteiger partial charge < -0.3 is 24.5 Å². The SMILES string of the molecule is CC(C)C[C@H](CC(=O)[C@@H](NC(=O)c1cccc(-c2ccccc2)n1)[C@@H](C)O)B1OC(=O)[C@H]2COC[C@@H](C(=O)O1)N2C. The summed E-state index contributed by atoms with van der Waals surface area (Å²) in [6.45, 7) is 5.42. The molecule has 2 fully saturated rings. The fourth-order valence-corrected chi connectivity index (χ4v) is 5.11. The highest BCUT2D eigenvalue weighted by Gasteiger charge is 2.48. The summed E-state index contributed by atoms with van der Waals surface area (Å²) in [7, 11) is 0.337.